The number of thiazole rings is 1. The molecule has 2 heterocycles. The molecule has 4 rings (SSSR count). The number of nitrogens with zero attached hydrogens (tertiary/aromatic N) is 1. The average Bonchev–Trinajstić information content (AvgIpc) is 3.31. The molecule has 2 aromatic carbocycles. The number of hydrogen-bond acceptors (Lipinski definition) is 6. The number of fused-ring (bicyclic) bond motifs is 1. The third-order valence-electron chi connectivity index (χ3n) is 4.81. The van der Waals surface area contributed by atoms with Crippen molar-refractivity contribution < 1.29 is 19.0 Å². The smallest absolute Gasteiger partial charge is 0.308 e. The number of nitrogens with one attached hydrogen (secondary N) is 1. The number of carbonyl (C=O) groups excluding carboxylic acids is 1. The largest absolute Gasteiger partial charge is 0.496 e. The Bertz CT molecular complexity index is 1170. The van der Waals surface area contributed by atoms with E-state index in [1.165, 1.54) is 0 Å². The molecule has 0 aliphatic carbocycles. The molecule has 1 aliphatic rings. The number of ether oxygens (including phenoxy) is 3. The van der Waals surface area contributed by atoms with Gasteiger partial charge in [-0.05, 0) is 42.8 Å². The van der Waals surface area contributed by atoms with Crippen molar-refractivity contribution in [2.75, 3.05) is 13.9 Å². The summed E-state index contributed by atoms with van der Waals surface area (Å²) in [7, 11) is 1.56. The minimum atomic E-state index is -0.302. The highest BCUT2D eigenvalue weighted by Crippen LogP contribution is 2.32. The quantitative estimate of drug-likeness (QED) is 0.626. The lowest BCUT2D eigenvalue weighted by atomic mass is 10.2. The van der Waals surface area contributed by atoms with E-state index in [2.05, 4.69) is 5.32 Å². The summed E-state index contributed by atoms with van der Waals surface area (Å²) in [6.45, 7) is 2.52. The van der Waals surface area contributed by atoms with Gasteiger partial charge in [0.05, 0.1) is 13.7 Å². The van der Waals surface area contributed by atoms with Gasteiger partial charge in [-0.1, -0.05) is 29.0 Å². The van der Waals surface area contributed by atoms with Crippen LogP contribution < -0.4 is 24.4 Å². The Labute approximate surface area is 181 Å². The van der Waals surface area contributed by atoms with Gasteiger partial charge < -0.3 is 19.5 Å². The fraction of sp³-hybridized carbons (Fsp3) is 0.238. The molecule has 0 unspecified atom stereocenters. The monoisotopic (exact) mass is 446 g/mol. The maximum absolute atomic E-state index is 12.7. The van der Waals surface area contributed by atoms with Crippen molar-refractivity contribution in [1.82, 2.24) is 9.88 Å². The second-order valence-corrected chi connectivity index (χ2v) is 8.09. The van der Waals surface area contributed by atoms with Crippen LogP contribution in [0.15, 0.2) is 41.2 Å². The van der Waals surface area contributed by atoms with Crippen LogP contribution in [0.5, 0.6) is 17.2 Å². The van der Waals surface area contributed by atoms with Crippen molar-refractivity contribution in [2.45, 2.75) is 20.0 Å². The molecular weight excluding hydrogens is 428 g/mol. The zero-order chi connectivity index (χ0) is 21.3. The number of amides is 1. The Morgan fingerprint density at radius 1 is 1.23 bits per heavy atom. The predicted molar refractivity (Wildman–Crippen MR) is 114 cm³/mol. The van der Waals surface area contributed by atoms with Gasteiger partial charge in [0.2, 0.25) is 6.79 Å². The van der Waals surface area contributed by atoms with Gasteiger partial charge in [-0.25, -0.2) is 0 Å². The van der Waals surface area contributed by atoms with Crippen LogP contribution in [0.2, 0.25) is 5.02 Å². The predicted octanol–water partition coefficient (Wildman–Crippen LogP) is 3.59. The van der Waals surface area contributed by atoms with E-state index >= 15 is 0 Å². The molecule has 0 radical (unpaired) electrons. The zero-order valence-corrected chi connectivity index (χ0v) is 17.9. The fourth-order valence-corrected chi connectivity index (χ4v) is 4.33. The first kappa shape index (κ1) is 20.3. The minimum Gasteiger partial charge on any atom is -0.496 e. The lowest BCUT2D eigenvalue weighted by Crippen LogP contribution is -2.23. The SMILES string of the molecule is COc1ccc(Cl)cc1Cn1c(C)c(C(=O)NCc2ccc3c(c2)OCO3)sc1=O. The molecule has 1 N–H and O–H groups in total. The van der Waals surface area contributed by atoms with E-state index in [-0.39, 0.29) is 24.1 Å². The van der Waals surface area contributed by atoms with Crippen LogP contribution in [-0.2, 0) is 13.1 Å². The van der Waals surface area contributed by atoms with E-state index < -0.39 is 0 Å². The topological polar surface area (TPSA) is 78.8 Å². The van der Waals surface area contributed by atoms with Crippen LogP contribution in [0.4, 0.5) is 0 Å². The molecule has 0 fully saturated rings. The van der Waals surface area contributed by atoms with Crippen LogP contribution >= 0.6 is 22.9 Å². The van der Waals surface area contributed by atoms with Crippen molar-refractivity contribution >= 4 is 28.8 Å². The number of benzene rings is 2. The molecule has 30 heavy (non-hydrogen) atoms. The normalized spacial score (nSPS) is 12.1. The number of hydrogen-bond donors (Lipinski definition) is 1. The van der Waals surface area contributed by atoms with E-state index in [1.807, 2.05) is 18.2 Å². The van der Waals surface area contributed by atoms with E-state index in [0.29, 0.717) is 39.4 Å². The first-order valence-corrected chi connectivity index (χ1v) is 10.3. The number of rotatable bonds is 6. The summed E-state index contributed by atoms with van der Waals surface area (Å²) < 4.78 is 17.6. The van der Waals surface area contributed by atoms with Crippen LogP contribution in [0, 0.1) is 6.92 Å². The first-order valence-electron chi connectivity index (χ1n) is 9.15. The standard InChI is InChI=1S/C21H19ClN2O5S/c1-12-19(20(25)23-9-13-3-5-17-18(7-13)29-11-28-17)30-21(26)24(12)10-14-8-15(22)4-6-16(14)27-2/h3-8H,9-11H2,1-2H3,(H,23,25). The van der Waals surface area contributed by atoms with E-state index in [0.717, 1.165) is 22.5 Å². The summed E-state index contributed by atoms with van der Waals surface area (Å²) in [6.07, 6.45) is 0. The highest BCUT2D eigenvalue weighted by atomic mass is 35.5. The molecule has 1 aromatic heterocycles. The Kier molecular flexibility index (Phi) is 5.69. The van der Waals surface area contributed by atoms with E-state index in [1.54, 1.807) is 36.8 Å². The number of aromatic nitrogens is 1. The molecule has 7 nitrogen and oxygen atoms in total. The van der Waals surface area contributed by atoms with Gasteiger partial charge >= 0.3 is 4.87 Å². The summed E-state index contributed by atoms with van der Waals surface area (Å²) in [4.78, 5) is 25.4. The maximum atomic E-state index is 12.7. The molecular formula is C21H19ClN2O5S. The summed E-state index contributed by atoms with van der Waals surface area (Å²) in [6, 6.07) is 10.7. The molecule has 9 heteroatoms. The van der Waals surface area contributed by atoms with Gasteiger partial charge in [-0.2, -0.15) is 0 Å². The Balaban J connectivity index is 1.51. The van der Waals surface area contributed by atoms with Crippen molar-refractivity contribution in [1.29, 1.82) is 0 Å². The van der Waals surface area contributed by atoms with Crippen LogP contribution in [-0.4, -0.2) is 24.4 Å². The van der Waals surface area contributed by atoms with Gasteiger partial charge in [0.25, 0.3) is 5.91 Å². The summed E-state index contributed by atoms with van der Waals surface area (Å²) in [5.41, 5.74) is 2.23. The fourth-order valence-electron chi connectivity index (χ4n) is 3.22. The minimum absolute atomic E-state index is 0.198. The Morgan fingerprint density at radius 2 is 2.03 bits per heavy atom. The molecule has 0 spiro atoms. The molecule has 1 aliphatic heterocycles. The number of methoxy groups -OCH3 is 1. The molecule has 0 atom stereocenters. The molecule has 0 saturated heterocycles. The second-order valence-electron chi connectivity index (χ2n) is 6.70. The third-order valence-corrected chi connectivity index (χ3v) is 6.13. The van der Waals surface area contributed by atoms with Crippen LogP contribution in [0.1, 0.15) is 26.5 Å². The molecule has 0 bridgehead atoms. The average molecular weight is 447 g/mol. The number of halogens is 1. The van der Waals surface area contributed by atoms with E-state index in [9.17, 15) is 9.59 Å². The second kappa shape index (κ2) is 8.41. The van der Waals surface area contributed by atoms with Crippen LogP contribution in [0.25, 0.3) is 0 Å². The Hall–Kier alpha value is -2.97. The highest BCUT2D eigenvalue weighted by molar-refractivity contribution is 7.11. The van der Waals surface area contributed by atoms with Gasteiger partial charge in [0.1, 0.15) is 10.6 Å². The summed E-state index contributed by atoms with van der Waals surface area (Å²) >= 11 is 7.01. The Morgan fingerprint density at radius 3 is 2.83 bits per heavy atom. The number of carbonyl (C=O) groups is 1. The van der Waals surface area contributed by atoms with Crippen molar-refractivity contribution in [3.63, 3.8) is 0 Å². The lowest BCUT2D eigenvalue weighted by Gasteiger charge is -2.11. The first-order chi connectivity index (χ1) is 14.5. The van der Waals surface area contributed by atoms with Crippen molar-refractivity contribution in [2.24, 2.45) is 0 Å². The molecule has 1 amide bonds. The molecule has 156 valence electrons. The zero-order valence-electron chi connectivity index (χ0n) is 16.4. The van der Waals surface area contributed by atoms with Crippen molar-refractivity contribution in [3.8, 4) is 17.2 Å². The third kappa shape index (κ3) is 4.01. The van der Waals surface area contributed by atoms with Gasteiger partial charge in [0.15, 0.2) is 11.5 Å². The van der Waals surface area contributed by atoms with Crippen molar-refractivity contribution in [3.05, 3.63) is 72.8 Å². The maximum Gasteiger partial charge on any atom is 0.308 e. The summed E-state index contributed by atoms with van der Waals surface area (Å²) in [5, 5.41) is 3.41. The highest BCUT2D eigenvalue weighted by Gasteiger charge is 2.19. The van der Waals surface area contributed by atoms with Crippen LogP contribution in [0.3, 0.4) is 0 Å². The molecule has 0 saturated carbocycles. The van der Waals surface area contributed by atoms with Gasteiger partial charge in [-0.3, -0.25) is 14.2 Å². The summed E-state index contributed by atoms with van der Waals surface area (Å²) in [5.74, 6) is 1.67. The van der Waals surface area contributed by atoms with Gasteiger partial charge in [0, 0.05) is 22.8 Å². The lowest BCUT2D eigenvalue weighted by molar-refractivity contribution is 0.0953. The van der Waals surface area contributed by atoms with E-state index in [4.69, 9.17) is 25.8 Å². The van der Waals surface area contributed by atoms with Gasteiger partial charge in [-0.15, -0.1) is 0 Å². The molecule has 3 aromatic rings.